The van der Waals surface area contributed by atoms with Crippen LogP contribution >= 0.6 is 0 Å². The molecule has 4 nitrogen and oxygen atoms in total. The molecule has 0 aliphatic heterocycles. The molecule has 2 N–H and O–H groups in total. The Balaban J connectivity index is 1.63. The third-order valence-electron chi connectivity index (χ3n) is 6.01. The van der Waals surface area contributed by atoms with E-state index in [0.29, 0.717) is 6.54 Å². The Hall–Kier alpha value is -2.75. The summed E-state index contributed by atoms with van der Waals surface area (Å²) in [6.07, 6.45) is 6.51. The molecule has 1 aromatic heterocycles. The summed E-state index contributed by atoms with van der Waals surface area (Å²) in [6, 6.07) is 17.0. The van der Waals surface area contributed by atoms with Gasteiger partial charge in [0, 0.05) is 55.3 Å². The number of amides is 1. The molecule has 1 aliphatic carbocycles. The van der Waals surface area contributed by atoms with Crippen molar-refractivity contribution < 1.29 is 4.79 Å². The number of benzene rings is 2. The third kappa shape index (κ3) is 3.77. The number of anilines is 1. The lowest BCUT2D eigenvalue weighted by Crippen LogP contribution is -2.33. The van der Waals surface area contributed by atoms with E-state index in [-0.39, 0.29) is 17.7 Å². The second kappa shape index (κ2) is 8.09. The number of carbonyl (C=O) groups is 1. The number of nitrogens with zero attached hydrogens (tertiary/aromatic N) is 1. The van der Waals surface area contributed by atoms with Crippen LogP contribution < -0.4 is 10.2 Å². The SMILES string of the molecule is CN(C)c1ccc([C@@H](CNC(=O)C2CCCC2)c2c[nH]c3ccccc23)cc1. The van der Waals surface area contributed by atoms with Crippen molar-refractivity contribution in [2.45, 2.75) is 31.6 Å². The number of nitrogens with one attached hydrogen (secondary N) is 2. The molecule has 1 fully saturated rings. The molecular weight excluding hydrogens is 346 g/mol. The normalized spacial score (nSPS) is 15.6. The van der Waals surface area contributed by atoms with Gasteiger partial charge in [0.25, 0.3) is 0 Å². The first kappa shape index (κ1) is 18.6. The average molecular weight is 376 g/mol. The monoisotopic (exact) mass is 375 g/mol. The van der Waals surface area contributed by atoms with Crippen molar-refractivity contribution in [2.24, 2.45) is 5.92 Å². The molecule has 1 saturated carbocycles. The minimum Gasteiger partial charge on any atom is -0.378 e. The Labute approximate surface area is 166 Å². The fourth-order valence-electron chi connectivity index (χ4n) is 4.33. The van der Waals surface area contributed by atoms with Crippen LogP contribution in [-0.2, 0) is 4.79 Å². The number of para-hydroxylation sites is 1. The van der Waals surface area contributed by atoms with Gasteiger partial charge in [-0.25, -0.2) is 0 Å². The van der Waals surface area contributed by atoms with Crippen LogP contribution in [0.1, 0.15) is 42.7 Å². The zero-order valence-corrected chi connectivity index (χ0v) is 16.7. The lowest BCUT2D eigenvalue weighted by Gasteiger charge is -2.21. The molecule has 0 radical (unpaired) electrons. The largest absolute Gasteiger partial charge is 0.378 e. The highest BCUT2D eigenvalue weighted by Crippen LogP contribution is 2.32. The van der Waals surface area contributed by atoms with Gasteiger partial charge in [-0.15, -0.1) is 0 Å². The van der Waals surface area contributed by atoms with E-state index in [0.717, 1.165) is 18.4 Å². The molecule has 1 aliphatic rings. The van der Waals surface area contributed by atoms with Crippen LogP contribution in [0.5, 0.6) is 0 Å². The van der Waals surface area contributed by atoms with Gasteiger partial charge in [0.05, 0.1) is 0 Å². The van der Waals surface area contributed by atoms with Gasteiger partial charge >= 0.3 is 0 Å². The topological polar surface area (TPSA) is 48.1 Å². The van der Waals surface area contributed by atoms with E-state index in [9.17, 15) is 4.79 Å². The molecule has 4 heteroatoms. The first-order valence-electron chi connectivity index (χ1n) is 10.2. The number of fused-ring (bicyclic) bond motifs is 1. The van der Waals surface area contributed by atoms with Gasteiger partial charge in [-0.2, -0.15) is 0 Å². The number of H-pyrrole nitrogens is 1. The van der Waals surface area contributed by atoms with E-state index < -0.39 is 0 Å². The van der Waals surface area contributed by atoms with E-state index in [1.165, 1.54) is 35.0 Å². The Bertz CT molecular complexity index is 936. The maximum atomic E-state index is 12.6. The van der Waals surface area contributed by atoms with Crippen LogP contribution in [0.15, 0.2) is 54.7 Å². The van der Waals surface area contributed by atoms with Crippen molar-refractivity contribution in [2.75, 3.05) is 25.5 Å². The maximum absolute atomic E-state index is 12.6. The molecule has 4 rings (SSSR count). The number of hydrogen-bond donors (Lipinski definition) is 2. The Kier molecular flexibility index (Phi) is 5.38. The number of hydrogen-bond acceptors (Lipinski definition) is 2. The Morgan fingerprint density at radius 3 is 2.54 bits per heavy atom. The summed E-state index contributed by atoms with van der Waals surface area (Å²) in [5.41, 5.74) is 4.77. The predicted molar refractivity (Wildman–Crippen MR) is 116 cm³/mol. The van der Waals surface area contributed by atoms with Crippen molar-refractivity contribution >= 4 is 22.5 Å². The summed E-state index contributed by atoms with van der Waals surface area (Å²) < 4.78 is 0. The van der Waals surface area contributed by atoms with Crippen LogP contribution in [0.25, 0.3) is 10.9 Å². The molecule has 2 aromatic carbocycles. The first-order valence-corrected chi connectivity index (χ1v) is 10.2. The van der Waals surface area contributed by atoms with Crippen LogP contribution in [0.2, 0.25) is 0 Å². The van der Waals surface area contributed by atoms with Crippen LogP contribution in [-0.4, -0.2) is 31.5 Å². The van der Waals surface area contributed by atoms with E-state index >= 15 is 0 Å². The van der Waals surface area contributed by atoms with Gasteiger partial charge < -0.3 is 15.2 Å². The van der Waals surface area contributed by atoms with E-state index in [1.54, 1.807) is 0 Å². The van der Waals surface area contributed by atoms with Crippen LogP contribution in [0.4, 0.5) is 5.69 Å². The van der Waals surface area contributed by atoms with Crippen LogP contribution in [0.3, 0.4) is 0 Å². The zero-order chi connectivity index (χ0) is 19.5. The summed E-state index contributed by atoms with van der Waals surface area (Å²) >= 11 is 0. The van der Waals surface area contributed by atoms with E-state index in [2.05, 4.69) is 63.9 Å². The summed E-state index contributed by atoms with van der Waals surface area (Å²) in [6.45, 7) is 0.624. The van der Waals surface area contributed by atoms with Crippen LogP contribution in [0, 0.1) is 5.92 Å². The van der Waals surface area contributed by atoms with Gasteiger partial charge in [0.1, 0.15) is 0 Å². The fourth-order valence-corrected chi connectivity index (χ4v) is 4.33. The van der Waals surface area contributed by atoms with E-state index in [4.69, 9.17) is 0 Å². The molecule has 0 spiro atoms. The lowest BCUT2D eigenvalue weighted by atomic mass is 9.90. The number of aromatic amines is 1. The summed E-state index contributed by atoms with van der Waals surface area (Å²) in [4.78, 5) is 18.1. The smallest absolute Gasteiger partial charge is 0.223 e. The number of rotatable bonds is 6. The van der Waals surface area contributed by atoms with Crippen molar-refractivity contribution in [3.05, 3.63) is 65.9 Å². The molecule has 1 amide bonds. The predicted octanol–water partition coefficient (Wildman–Crippen LogP) is 4.67. The first-order chi connectivity index (χ1) is 13.6. The maximum Gasteiger partial charge on any atom is 0.223 e. The summed E-state index contributed by atoms with van der Waals surface area (Å²) in [7, 11) is 4.10. The van der Waals surface area contributed by atoms with Crippen molar-refractivity contribution in [1.29, 1.82) is 0 Å². The summed E-state index contributed by atoms with van der Waals surface area (Å²) in [5, 5.41) is 4.47. The van der Waals surface area contributed by atoms with Crippen molar-refractivity contribution in [1.82, 2.24) is 10.3 Å². The highest BCUT2D eigenvalue weighted by atomic mass is 16.1. The lowest BCUT2D eigenvalue weighted by molar-refractivity contribution is -0.124. The van der Waals surface area contributed by atoms with Crippen molar-refractivity contribution in [3.63, 3.8) is 0 Å². The minimum atomic E-state index is 0.123. The Morgan fingerprint density at radius 2 is 1.82 bits per heavy atom. The molecule has 3 aromatic rings. The number of carbonyl (C=O) groups excluding carboxylic acids is 1. The molecule has 0 unspecified atom stereocenters. The molecule has 0 saturated heterocycles. The van der Waals surface area contributed by atoms with Gasteiger partial charge in [-0.3, -0.25) is 4.79 Å². The molecule has 1 atom stereocenters. The molecule has 28 heavy (non-hydrogen) atoms. The molecular formula is C24H29N3O. The van der Waals surface area contributed by atoms with Crippen molar-refractivity contribution in [3.8, 4) is 0 Å². The second-order valence-corrected chi connectivity index (χ2v) is 8.05. The van der Waals surface area contributed by atoms with E-state index in [1.807, 2.05) is 20.2 Å². The fraction of sp³-hybridized carbons (Fsp3) is 0.375. The second-order valence-electron chi connectivity index (χ2n) is 8.05. The molecule has 1 heterocycles. The standard InChI is InChI=1S/C24H29N3O/c1-27(2)19-13-11-17(12-14-19)21(15-26-24(28)18-7-3-4-8-18)22-16-25-23-10-6-5-9-20(22)23/h5-6,9-14,16,18,21,25H,3-4,7-8,15H2,1-2H3,(H,26,28)/t21-/m1/s1. The van der Waals surface area contributed by atoms with Gasteiger partial charge in [-0.1, -0.05) is 43.2 Å². The van der Waals surface area contributed by atoms with Gasteiger partial charge in [-0.05, 0) is 42.2 Å². The highest BCUT2D eigenvalue weighted by Gasteiger charge is 2.25. The van der Waals surface area contributed by atoms with Gasteiger partial charge in [0.15, 0.2) is 0 Å². The van der Waals surface area contributed by atoms with Gasteiger partial charge in [0.2, 0.25) is 5.91 Å². The molecule has 0 bridgehead atoms. The quantitative estimate of drug-likeness (QED) is 0.658. The Morgan fingerprint density at radius 1 is 1.11 bits per heavy atom. The average Bonchev–Trinajstić information content (AvgIpc) is 3.39. The highest BCUT2D eigenvalue weighted by molar-refractivity contribution is 5.84. The summed E-state index contributed by atoms with van der Waals surface area (Å²) in [5.74, 6) is 0.532. The molecule has 146 valence electrons. The number of aromatic nitrogens is 1. The third-order valence-corrected chi connectivity index (χ3v) is 6.01. The minimum absolute atomic E-state index is 0.123. The zero-order valence-electron chi connectivity index (χ0n) is 16.7.